The molecule has 1 nitrogen and oxygen atoms in total. The molecule has 0 radical (unpaired) electrons. The van der Waals surface area contributed by atoms with Crippen LogP contribution in [0.1, 0.15) is 31.2 Å². The average Bonchev–Trinajstić information content (AvgIpc) is 2.29. The van der Waals surface area contributed by atoms with Crippen molar-refractivity contribution in [1.29, 1.82) is 0 Å². The van der Waals surface area contributed by atoms with Gasteiger partial charge in [-0.3, -0.25) is 0 Å². The fourth-order valence-corrected chi connectivity index (χ4v) is 3.05. The third kappa shape index (κ3) is 3.18. The van der Waals surface area contributed by atoms with E-state index in [9.17, 15) is 0 Å². The molecular formula is C13H20OSi. The first kappa shape index (κ1) is 10.9. The SMILES string of the molecule is [SiH3]C1(CCc2ccccc2)CCCCO1. The Morgan fingerprint density at radius 1 is 1.20 bits per heavy atom. The van der Waals surface area contributed by atoms with Crippen molar-refractivity contribution in [3.05, 3.63) is 35.9 Å². The van der Waals surface area contributed by atoms with E-state index in [1.165, 1.54) is 47.9 Å². The van der Waals surface area contributed by atoms with Crippen LogP contribution in [0.15, 0.2) is 30.3 Å². The standard InChI is InChI=1S/C13H20OSi/c15-13(9-4-5-11-14-13)10-8-12-6-2-1-3-7-12/h1-3,6-7H,4-5,8-11H2,15H3. The summed E-state index contributed by atoms with van der Waals surface area (Å²) in [7, 11) is 1.17. The van der Waals surface area contributed by atoms with E-state index in [0.717, 1.165) is 6.61 Å². The van der Waals surface area contributed by atoms with Crippen molar-refractivity contribution in [2.24, 2.45) is 0 Å². The lowest BCUT2D eigenvalue weighted by molar-refractivity contribution is -0.0223. The maximum Gasteiger partial charge on any atom is 0.0489 e. The van der Waals surface area contributed by atoms with Crippen LogP contribution in [0.2, 0.25) is 0 Å². The molecule has 0 N–H and O–H groups in total. The molecule has 1 saturated heterocycles. The summed E-state index contributed by atoms with van der Waals surface area (Å²) in [6.07, 6.45) is 6.28. The van der Waals surface area contributed by atoms with Crippen LogP contribution in [0.3, 0.4) is 0 Å². The van der Waals surface area contributed by atoms with E-state index in [1.54, 1.807) is 0 Å². The van der Waals surface area contributed by atoms with Crippen LogP contribution in [0, 0.1) is 0 Å². The molecule has 0 bridgehead atoms. The van der Waals surface area contributed by atoms with E-state index in [-0.39, 0.29) is 5.22 Å². The van der Waals surface area contributed by atoms with Gasteiger partial charge >= 0.3 is 0 Å². The highest BCUT2D eigenvalue weighted by Gasteiger charge is 2.26. The van der Waals surface area contributed by atoms with Crippen molar-refractivity contribution >= 4 is 10.2 Å². The minimum Gasteiger partial charge on any atom is -0.380 e. The third-order valence-electron chi connectivity index (χ3n) is 3.34. The molecule has 1 aromatic carbocycles. The molecule has 15 heavy (non-hydrogen) atoms. The molecule has 1 aliphatic heterocycles. The van der Waals surface area contributed by atoms with Gasteiger partial charge < -0.3 is 4.74 Å². The molecule has 0 aliphatic carbocycles. The summed E-state index contributed by atoms with van der Waals surface area (Å²) in [6.45, 7) is 0.984. The van der Waals surface area contributed by atoms with Crippen molar-refractivity contribution in [3.8, 4) is 0 Å². The Hall–Kier alpha value is -0.603. The van der Waals surface area contributed by atoms with E-state index < -0.39 is 0 Å². The number of hydrogen-bond donors (Lipinski definition) is 0. The maximum absolute atomic E-state index is 5.95. The fourth-order valence-electron chi connectivity index (χ4n) is 2.24. The van der Waals surface area contributed by atoms with Gasteiger partial charge in [0.1, 0.15) is 0 Å². The Kier molecular flexibility index (Phi) is 3.60. The third-order valence-corrected chi connectivity index (χ3v) is 4.62. The van der Waals surface area contributed by atoms with Gasteiger partial charge in [0.05, 0.1) is 0 Å². The average molecular weight is 220 g/mol. The Labute approximate surface area is 95.3 Å². The lowest BCUT2D eigenvalue weighted by Gasteiger charge is -2.34. The maximum atomic E-state index is 5.95. The molecule has 0 amide bonds. The molecule has 1 atom stereocenters. The van der Waals surface area contributed by atoms with E-state index in [2.05, 4.69) is 30.3 Å². The van der Waals surface area contributed by atoms with Gasteiger partial charge in [0.25, 0.3) is 0 Å². The van der Waals surface area contributed by atoms with Crippen molar-refractivity contribution in [2.75, 3.05) is 6.61 Å². The molecule has 1 heterocycles. The molecule has 1 aromatic rings. The number of aryl methyl sites for hydroxylation is 1. The van der Waals surface area contributed by atoms with Gasteiger partial charge in [-0.05, 0) is 37.7 Å². The summed E-state index contributed by atoms with van der Waals surface area (Å²) in [5.74, 6) is 0. The molecule has 0 spiro atoms. The second kappa shape index (κ2) is 4.95. The monoisotopic (exact) mass is 220 g/mol. The van der Waals surface area contributed by atoms with Crippen LogP contribution in [0.4, 0.5) is 0 Å². The van der Waals surface area contributed by atoms with Gasteiger partial charge in [0, 0.05) is 22.1 Å². The van der Waals surface area contributed by atoms with Crippen LogP contribution >= 0.6 is 0 Å². The second-order valence-corrected chi connectivity index (χ2v) is 6.56. The topological polar surface area (TPSA) is 9.23 Å². The highest BCUT2D eigenvalue weighted by molar-refractivity contribution is 6.14. The smallest absolute Gasteiger partial charge is 0.0489 e. The van der Waals surface area contributed by atoms with Gasteiger partial charge in [0.15, 0.2) is 0 Å². The molecule has 0 saturated carbocycles. The molecule has 1 fully saturated rings. The Morgan fingerprint density at radius 3 is 2.67 bits per heavy atom. The van der Waals surface area contributed by atoms with Crippen LogP contribution < -0.4 is 0 Å². The zero-order valence-corrected chi connectivity index (χ0v) is 11.5. The van der Waals surface area contributed by atoms with Crippen LogP contribution in [-0.2, 0) is 11.2 Å². The van der Waals surface area contributed by atoms with Crippen molar-refractivity contribution in [2.45, 2.75) is 37.3 Å². The zero-order chi connectivity index (χ0) is 10.6. The Bertz CT molecular complexity index is 291. The summed E-state index contributed by atoms with van der Waals surface area (Å²) in [4.78, 5) is 0. The molecule has 0 aromatic heterocycles. The fraction of sp³-hybridized carbons (Fsp3) is 0.538. The predicted octanol–water partition coefficient (Wildman–Crippen LogP) is 1.88. The van der Waals surface area contributed by atoms with Gasteiger partial charge in [0.2, 0.25) is 0 Å². The summed E-state index contributed by atoms with van der Waals surface area (Å²) in [6, 6.07) is 10.8. The first-order valence-corrected chi connectivity index (χ1v) is 6.96. The molecule has 1 unspecified atom stereocenters. The van der Waals surface area contributed by atoms with Crippen LogP contribution in [0.5, 0.6) is 0 Å². The molecule has 2 rings (SSSR count). The molecular weight excluding hydrogens is 200 g/mol. The predicted molar refractivity (Wildman–Crippen MR) is 67.2 cm³/mol. The quantitative estimate of drug-likeness (QED) is 0.707. The van der Waals surface area contributed by atoms with E-state index >= 15 is 0 Å². The van der Waals surface area contributed by atoms with Crippen molar-refractivity contribution < 1.29 is 4.74 Å². The Morgan fingerprint density at radius 2 is 2.00 bits per heavy atom. The van der Waals surface area contributed by atoms with Crippen molar-refractivity contribution in [1.82, 2.24) is 0 Å². The minimum absolute atomic E-state index is 0.272. The summed E-state index contributed by atoms with van der Waals surface area (Å²) >= 11 is 0. The van der Waals surface area contributed by atoms with E-state index in [1.807, 2.05) is 0 Å². The molecule has 1 aliphatic rings. The number of ether oxygens (including phenoxy) is 1. The highest BCUT2D eigenvalue weighted by Crippen LogP contribution is 2.26. The van der Waals surface area contributed by atoms with Gasteiger partial charge in [-0.2, -0.15) is 0 Å². The van der Waals surface area contributed by atoms with E-state index in [0.29, 0.717) is 0 Å². The summed E-state index contributed by atoms with van der Waals surface area (Å²) < 4.78 is 5.95. The lowest BCUT2D eigenvalue weighted by atomic mass is 10.0. The van der Waals surface area contributed by atoms with Crippen LogP contribution in [0.25, 0.3) is 0 Å². The minimum atomic E-state index is 0.272. The summed E-state index contributed by atoms with van der Waals surface area (Å²) in [5.41, 5.74) is 1.45. The van der Waals surface area contributed by atoms with Gasteiger partial charge in [-0.25, -0.2) is 0 Å². The summed E-state index contributed by atoms with van der Waals surface area (Å²) in [5, 5.41) is 0.272. The molecule has 2 heteroatoms. The highest BCUT2D eigenvalue weighted by atomic mass is 28.1. The molecule has 82 valence electrons. The van der Waals surface area contributed by atoms with Gasteiger partial charge in [-0.1, -0.05) is 30.3 Å². The second-order valence-electron chi connectivity index (χ2n) is 4.74. The van der Waals surface area contributed by atoms with Gasteiger partial charge in [-0.15, -0.1) is 0 Å². The van der Waals surface area contributed by atoms with Crippen LogP contribution in [-0.4, -0.2) is 22.1 Å². The van der Waals surface area contributed by atoms with E-state index in [4.69, 9.17) is 4.74 Å². The zero-order valence-electron chi connectivity index (χ0n) is 9.54. The first-order valence-electron chi connectivity index (χ1n) is 5.96. The normalized spacial score (nSPS) is 26.7. The van der Waals surface area contributed by atoms with Crippen molar-refractivity contribution in [3.63, 3.8) is 0 Å². The number of hydrogen-bond acceptors (Lipinski definition) is 1. The first-order chi connectivity index (χ1) is 7.29. The number of benzene rings is 1. The Balaban J connectivity index is 1.87. The lowest BCUT2D eigenvalue weighted by Crippen LogP contribution is -2.37. The number of rotatable bonds is 3. The largest absolute Gasteiger partial charge is 0.380 e.